The molecular formula is C12H15N3O. The van der Waals surface area contributed by atoms with Crippen LogP contribution in [-0.4, -0.2) is 20.3 Å². The zero-order valence-corrected chi connectivity index (χ0v) is 9.77. The first-order chi connectivity index (χ1) is 7.59. The third kappa shape index (κ3) is 1.83. The molecule has 0 amide bonds. The van der Waals surface area contributed by atoms with E-state index in [1.165, 1.54) is 6.33 Å². The first-order valence-electron chi connectivity index (χ1n) is 5.39. The Bertz CT molecular complexity index is 528. The molecule has 0 saturated carbocycles. The molecule has 84 valence electrons. The quantitative estimate of drug-likeness (QED) is 0.741. The van der Waals surface area contributed by atoms with Gasteiger partial charge in [0.2, 0.25) is 0 Å². The van der Waals surface area contributed by atoms with Crippen molar-refractivity contribution in [1.82, 2.24) is 14.5 Å². The van der Waals surface area contributed by atoms with Gasteiger partial charge in [0.1, 0.15) is 17.5 Å². The summed E-state index contributed by atoms with van der Waals surface area (Å²) in [6.45, 7) is 6.65. The van der Waals surface area contributed by atoms with E-state index in [1.54, 1.807) is 13.1 Å². The van der Waals surface area contributed by atoms with E-state index in [9.17, 15) is 4.79 Å². The average molecular weight is 217 g/mol. The number of carbonyl (C=O) groups excluding carboxylic acids is 1. The number of fused-ring (bicyclic) bond motifs is 1. The number of rotatable bonds is 3. The average Bonchev–Trinajstić information content (AvgIpc) is 2.53. The maximum absolute atomic E-state index is 11.6. The molecule has 0 fully saturated rings. The molecular weight excluding hydrogens is 202 g/mol. The predicted molar refractivity (Wildman–Crippen MR) is 62.4 cm³/mol. The highest BCUT2D eigenvalue weighted by Crippen LogP contribution is 2.19. The van der Waals surface area contributed by atoms with Gasteiger partial charge in [0.15, 0.2) is 5.78 Å². The summed E-state index contributed by atoms with van der Waals surface area (Å²) in [6, 6.07) is 0. The molecule has 0 radical (unpaired) electrons. The van der Waals surface area contributed by atoms with Gasteiger partial charge < -0.3 is 4.57 Å². The van der Waals surface area contributed by atoms with E-state index in [2.05, 4.69) is 23.8 Å². The van der Waals surface area contributed by atoms with Gasteiger partial charge in [0.25, 0.3) is 0 Å². The minimum Gasteiger partial charge on any atom is -0.342 e. The maximum atomic E-state index is 11.6. The second-order valence-corrected chi connectivity index (χ2v) is 4.41. The van der Waals surface area contributed by atoms with Gasteiger partial charge >= 0.3 is 0 Å². The molecule has 0 aromatic carbocycles. The molecule has 0 unspecified atom stereocenters. The molecule has 0 aliphatic carbocycles. The summed E-state index contributed by atoms with van der Waals surface area (Å²) >= 11 is 0. The van der Waals surface area contributed by atoms with E-state index >= 15 is 0 Å². The maximum Gasteiger partial charge on any atom is 0.178 e. The van der Waals surface area contributed by atoms with Gasteiger partial charge in [0.05, 0.1) is 0 Å². The largest absolute Gasteiger partial charge is 0.342 e. The van der Waals surface area contributed by atoms with E-state index in [1.807, 2.05) is 10.8 Å². The van der Waals surface area contributed by atoms with Crippen molar-refractivity contribution in [3.05, 3.63) is 24.4 Å². The Labute approximate surface area is 94.3 Å². The Morgan fingerprint density at radius 2 is 2.25 bits per heavy atom. The molecule has 0 spiro atoms. The first kappa shape index (κ1) is 10.8. The predicted octanol–water partition coefficient (Wildman–Crippen LogP) is 2.29. The summed E-state index contributed by atoms with van der Waals surface area (Å²) in [7, 11) is 0. The highest BCUT2D eigenvalue weighted by molar-refractivity contribution is 6.04. The molecule has 4 nitrogen and oxygen atoms in total. The smallest absolute Gasteiger partial charge is 0.178 e. The molecule has 2 rings (SSSR count). The Morgan fingerprint density at radius 1 is 1.50 bits per heavy atom. The molecule has 16 heavy (non-hydrogen) atoms. The van der Waals surface area contributed by atoms with Crippen LogP contribution in [0.15, 0.2) is 18.7 Å². The first-order valence-corrected chi connectivity index (χ1v) is 5.39. The van der Waals surface area contributed by atoms with Crippen molar-refractivity contribution in [3.63, 3.8) is 0 Å². The Hall–Kier alpha value is -1.71. The fourth-order valence-electron chi connectivity index (χ4n) is 1.91. The highest BCUT2D eigenvalue weighted by Gasteiger charge is 2.14. The van der Waals surface area contributed by atoms with Crippen LogP contribution in [0.2, 0.25) is 0 Å². The monoisotopic (exact) mass is 217 g/mol. The number of ketones is 1. The van der Waals surface area contributed by atoms with E-state index in [0.717, 1.165) is 17.4 Å². The van der Waals surface area contributed by atoms with Gasteiger partial charge in [-0.05, 0) is 5.92 Å². The van der Waals surface area contributed by atoms with Crippen LogP contribution in [-0.2, 0) is 6.54 Å². The lowest BCUT2D eigenvalue weighted by atomic mass is 10.2. The minimum atomic E-state index is 0.0503. The number of nitrogens with zero attached hydrogens (tertiary/aromatic N) is 3. The van der Waals surface area contributed by atoms with Crippen molar-refractivity contribution in [2.45, 2.75) is 27.3 Å². The van der Waals surface area contributed by atoms with E-state index in [0.29, 0.717) is 11.6 Å². The summed E-state index contributed by atoms with van der Waals surface area (Å²) in [6.07, 6.45) is 5.17. The lowest BCUT2D eigenvalue weighted by Gasteiger charge is -2.09. The van der Waals surface area contributed by atoms with Crippen LogP contribution in [0.3, 0.4) is 0 Å². The molecule has 0 aliphatic rings. The van der Waals surface area contributed by atoms with Crippen LogP contribution in [0, 0.1) is 5.92 Å². The molecule has 4 heteroatoms. The van der Waals surface area contributed by atoms with Gasteiger partial charge in [-0.1, -0.05) is 13.8 Å². The number of carbonyl (C=O) groups is 1. The number of hydrogen-bond donors (Lipinski definition) is 0. The molecule has 2 aromatic rings. The minimum absolute atomic E-state index is 0.0503. The second kappa shape index (κ2) is 4.04. The Morgan fingerprint density at radius 3 is 2.88 bits per heavy atom. The summed E-state index contributed by atoms with van der Waals surface area (Å²) in [5, 5.41) is 0.924. The van der Waals surface area contributed by atoms with Gasteiger partial charge in [-0.3, -0.25) is 4.79 Å². The zero-order chi connectivity index (χ0) is 11.7. The molecule has 2 heterocycles. The standard InChI is InChI=1S/C12H15N3O/c1-8(2)5-15-6-10-4-13-7-14-11(10)12(15)9(3)16/h4,6-8H,5H2,1-3H3. The third-order valence-corrected chi connectivity index (χ3v) is 2.44. The van der Waals surface area contributed by atoms with Crippen LogP contribution >= 0.6 is 0 Å². The van der Waals surface area contributed by atoms with E-state index in [-0.39, 0.29) is 5.78 Å². The fraction of sp³-hybridized carbons (Fsp3) is 0.417. The van der Waals surface area contributed by atoms with Crippen molar-refractivity contribution < 1.29 is 4.79 Å². The van der Waals surface area contributed by atoms with Crippen molar-refractivity contribution in [1.29, 1.82) is 0 Å². The number of Topliss-reactive ketones (excluding diaryl/α,β-unsaturated/α-hetero) is 1. The second-order valence-electron chi connectivity index (χ2n) is 4.41. The molecule has 2 aromatic heterocycles. The summed E-state index contributed by atoms with van der Waals surface area (Å²) in [5.41, 5.74) is 1.44. The highest BCUT2D eigenvalue weighted by atomic mass is 16.1. The van der Waals surface area contributed by atoms with Gasteiger partial charge in [0, 0.05) is 31.2 Å². The van der Waals surface area contributed by atoms with E-state index < -0.39 is 0 Å². The van der Waals surface area contributed by atoms with Gasteiger partial charge in [-0.2, -0.15) is 0 Å². The Kier molecular flexibility index (Phi) is 2.73. The van der Waals surface area contributed by atoms with E-state index in [4.69, 9.17) is 0 Å². The summed E-state index contributed by atoms with van der Waals surface area (Å²) in [5.74, 6) is 0.544. The molecule has 0 N–H and O–H groups in total. The van der Waals surface area contributed by atoms with Crippen molar-refractivity contribution >= 4 is 16.7 Å². The lowest BCUT2D eigenvalue weighted by molar-refractivity contribution is 0.101. The van der Waals surface area contributed by atoms with Crippen molar-refractivity contribution in [2.75, 3.05) is 0 Å². The zero-order valence-electron chi connectivity index (χ0n) is 9.77. The van der Waals surface area contributed by atoms with Gasteiger partial charge in [-0.15, -0.1) is 0 Å². The van der Waals surface area contributed by atoms with Gasteiger partial charge in [-0.25, -0.2) is 9.97 Å². The molecule has 0 atom stereocenters. The van der Waals surface area contributed by atoms with Crippen LogP contribution in [0.1, 0.15) is 31.3 Å². The third-order valence-electron chi connectivity index (χ3n) is 2.44. The Balaban J connectivity index is 2.63. The topological polar surface area (TPSA) is 47.8 Å². The summed E-state index contributed by atoms with van der Waals surface area (Å²) in [4.78, 5) is 19.8. The molecule has 0 aliphatic heterocycles. The SMILES string of the molecule is CC(=O)c1c2ncncc2cn1CC(C)C. The molecule has 0 saturated heterocycles. The number of hydrogen-bond acceptors (Lipinski definition) is 3. The summed E-state index contributed by atoms with van der Waals surface area (Å²) < 4.78 is 1.98. The van der Waals surface area contributed by atoms with Crippen molar-refractivity contribution in [3.8, 4) is 0 Å². The number of aromatic nitrogens is 3. The van der Waals surface area contributed by atoms with Crippen LogP contribution in [0.5, 0.6) is 0 Å². The molecule has 0 bridgehead atoms. The fourth-order valence-corrected chi connectivity index (χ4v) is 1.91. The van der Waals surface area contributed by atoms with Crippen LogP contribution in [0.25, 0.3) is 10.9 Å². The van der Waals surface area contributed by atoms with Crippen molar-refractivity contribution in [2.24, 2.45) is 5.92 Å². The van der Waals surface area contributed by atoms with Crippen LogP contribution in [0.4, 0.5) is 0 Å². The van der Waals surface area contributed by atoms with Crippen LogP contribution < -0.4 is 0 Å². The lowest BCUT2D eigenvalue weighted by Crippen LogP contribution is -2.10. The normalized spacial score (nSPS) is 11.2.